The summed E-state index contributed by atoms with van der Waals surface area (Å²) in [6.45, 7) is 4.27. The summed E-state index contributed by atoms with van der Waals surface area (Å²) in [5.74, 6) is 0.0540. The van der Waals surface area contributed by atoms with Crippen LogP contribution in [0.15, 0.2) is 42.7 Å². The van der Waals surface area contributed by atoms with Crippen LogP contribution in [0, 0.1) is 6.92 Å². The molecule has 124 valence electrons. The average molecular weight is 335 g/mol. The lowest BCUT2D eigenvalue weighted by molar-refractivity contribution is -0.132. The summed E-state index contributed by atoms with van der Waals surface area (Å²) >= 11 is 0. The van der Waals surface area contributed by atoms with Gasteiger partial charge in [0.15, 0.2) is 0 Å². The number of benzene rings is 1. The van der Waals surface area contributed by atoms with Crippen molar-refractivity contribution in [2.45, 2.75) is 31.8 Å². The fourth-order valence-corrected chi connectivity index (χ4v) is 2.98. The fraction of sp³-hybridized carbons (Fsp3) is 0.412. The van der Waals surface area contributed by atoms with Crippen LogP contribution in [0.25, 0.3) is 0 Å². The van der Waals surface area contributed by atoms with Crippen molar-refractivity contribution in [2.24, 2.45) is 0 Å². The molecule has 0 bridgehead atoms. The Hall–Kier alpha value is -1.85. The molecule has 1 aromatic heterocycles. The van der Waals surface area contributed by atoms with Gasteiger partial charge < -0.3 is 10.6 Å². The van der Waals surface area contributed by atoms with Crippen LogP contribution in [-0.4, -0.2) is 28.8 Å². The Morgan fingerprint density at radius 3 is 2.61 bits per heavy atom. The largest absolute Gasteiger partial charge is 0.350 e. The standard InChI is InChI=1S/C17H22N4O.ClH/c1-14-3-5-15(6-4-14)13-19-16(22)17(7-10-18-11-8-17)21-12-2-9-20-21;/h2-6,9,12,18H,7-8,10-11,13H2,1H3,(H,19,22);1H. The molecule has 0 unspecified atom stereocenters. The SMILES string of the molecule is Cc1ccc(CNC(=O)C2(n3cccn3)CCNCC2)cc1.Cl. The molecule has 0 aliphatic carbocycles. The molecule has 0 saturated carbocycles. The number of rotatable bonds is 4. The number of carbonyl (C=O) groups is 1. The van der Waals surface area contributed by atoms with E-state index in [4.69, 9.17) is 0 Å². The van der Waals surface area contributed by atoms with E-state index in [1.807, 2.05) is 16.9 Å². The van der Waals surface area contributed by atoms with Gasteiger partial charge in [0.2, 0.25) is 5.91 Å². The normalized spacial score (nSPS) is 16.4. The summed E-state index contributed by atoms with van der Waals surface area (Å²) in [6.07, 6.45) is 5.14. The minimum Gasteiger partial charge on any atom is -0.350 e. The van der Waals surface area contributed by atoms with Gasteiger partial charge in [0.05, 0.1) is 0 Å². The third-order valence-electron chi connectivity index (χ3n) is 4.37. The Balaban J connectivity index is 0.00000192. The van der Waals surface area contributed by atoms with Crippen LogP contribution < -0.4 is 10.6 Å². The minimum absolute atomic E-state index is 0. The summed E-state index contributed by atoms with van der Waals surface area (Å²) in [4.78, 5) is 12.9. The lowest BCUT2D eigenvalue weighted by atomic mass is 9.87. The second-order valence-electron chi connectivity index (χ2n) is 5.90. The Labute approximate surface area is 142 Å². The molecule has 0 spiro atoms. The quantitative estimate of drug-likeness (QED) is 0.899. The third-order valence-corrected chi connectivity index (χ3v) is 4.37. The van der Waals surface area contributed by atoms with Crippen molar-refractivity contribution in [3.63, 3.8) is 0 Å². The zero-order chi connectivity index (χ0) is 15.4. The second kappa shape index (κ2) is 7.62. The maximum Gasteiger partial charge on any atom is 0.248 e. The molecule has 5 nitrogen and oxygen atoms in total. The lowest BCUT2D eigenvalue weighted by Gasteiger charge is -2.36. The molecule has 3 rings (SSSR count). The van der Waals surface area contributed by atoms with Gasteiger partial charge >= 0.3 is 0 Å². The molecule has 1 aliphatic heterocycles. The topological polar surface area (TPSA) is 59.0 Å². The Bertz CT molecular complexity index is 619. The number of hydrogen-bond donors (Lipinski definition) is 2. The lowest BCUT2D eigenvalue weighted by Crippen LogP contribution is -2.54. The first kappa shape index (κ1) is 17.5. The van der Waals surface area contributed by atoms with Gasteiger partial charge in [-0.2, -0.15) is 5.10 Å². The maximum absolute atomic E-state index is 12.9. The molecule has 1 aromatic carbocycles. The first-order valence-corrected chi connectivity index (χ1v) is 7.75. The van der Waals surface area contributed by atoms with Gasteiger partial charge in [-0.25, -0.2) is 0 Å². The van der Waals surface area contributed by atoms with E-state index in [1.165, 1.54) is 5.56 Å². The monoisotopic (exact) mass is 334 g/mol. The Kier molecular flexibility index (Phi) is 5.80. The molecule has 1 saturated heterocycles. The Morgan fingerprint density at radius 1 is 1.30 bits per heavy atom. The van der Waals surface area contributed by atoms with Crippen molar-refractivity contribution in [1.29, 1.82) is 0 Å². The highest BCUT2D eigenvalue weighted by Crippen LogP contribution is 2.27. The van der Waals surface area contributed by atoms with Gasteiger partial charge in [-0.15, -0.1) is 12.4 Å². The van der Waals surface area contributed by atoms with Crippen molar-refractivity contribution in [3.8, 4) is 0 Å². The molecule has 1 fully saturated rings. The van der Waals surface area contributed by atoms with Crippen molar-refractivity contribution >= 4 is 18.3 Å². The minimum atomic E-state index is -0.570. The average Bonchev–Trinajstić information content (AvgIpc) is 3.09. The van der Waals surface area contributed by atoms with Gasteiger partial charge in [-0.05, 0) is 44.5 Å². The number of carbonyl (C=O) groups excluding carboxylic acids is 1. The van der Waals surface area contributed by atoms with E-state index >= 15 is 0 Å². The molecule has 0 atom stereocenters. The van der Waals surface area contributed by atoms with Crippen molar-refractivity contribution < 1.29 is 4.79 Å². The zero-order valence-electron chi connectivity index (χ0n) is 13.3. The molecule has 2 N–H and O–H groups in total. The number of aromatic nitrogens is 2. The summed E-state index contributed by atoms with van der Waals surface area (Å²) in [6, 6.07) is 10.1. The van der Waals surface area contributed by atoms with Crippen LogP contribution in [-0.2, 0) is 16.9 Å². The molecular weight excluding hydrogens is 312 g/mol. The van der Waals surface area contributed by atoms with E-state index in [0.29, 0.717) is 6.54 Å². The molecule has 1 aliphatic rings. The molecule has 1 amide bonds. The predicted octanol–water partition coefficient (Wildman–Crippen LogP) is 2.01. The first-order chi connectivity index (χ1) is 10.7. The number of halogens is 1. The zero-order valence-corrected chi connectivity index (χ0v) is 14.1. The molecule has 23 heavy (non-hydrogen) atoms. The van der Waals surface area contributed by atoms with Crippen molar-refractivity contribution in [2.75, 3.05) is 13.1 Å². The summed E-state index contributed by atoms with van der Waals surface area (Å²) in [5, 5.41) is 10.7. The number of hydrogen-bond acceptors (Lipinski definition) is 3. The second-order valence-corrected chi connectivity index (χ2v) is 5.90. The third kappa shape index (κ3) is 3.74. The van der Waals surface area contributed by atoms with E-state index in [2.05, 4.69) is 46.9 Å². The van der Waals surface area contributed by atoms with Gasteiger partial charge in [-0.3, -0.25) is 9.48 Å². The van der Waals surface area contributed by atoms with Gasteiger partial charge in [0.1, 0.15) is 5.54 Å². The highest BCUT2D eigenvalue weighted by atomic mass is 35.5. The molecule has 2 aromatic rings. The number of piperidine rings is 1. The number of nitrogens with zero attached hydrogens (tertiary/aromatic N) is 2. The van der Waals surface area contributed by atoms with Crippen LogP contribution in [0.4, 0.5) is 0 Å². The smallest absolute Gasteiger partial charge is 0.248 e. The number of amides is 1. The van der Waals surface area contributed by atoms with Gasteiger partial charge in [-0.1, -0.05) is 29.8 Å². The van der Waals surface area contributed by atoms with E-state index in [1.54, 1.807) is 6.20 Å². The fourth-order valence-electron chi connectivity index (χ4n) is 2.98. The van der Waals surface area contributed by atoms with Gasteiger partial charge in [0.25, 0.3) is 0 Å². The van der Waals surface area contributed by atoms with Gasteiger partial charge in [0, 0.05) is 18.9 Å². The van der Waals surface area contributed by atoms with E-state index in [0.717, 1.165) is 31.5 Å². The first-order valence-electron chi connectivity index (χ1n) is 7.75. The summed E-state index contributed by atoms with van der Waals surface area (Å²) in [5.41, 5.74) is 1.77. The predicted molar refractivity (Wildman–Crippen MR) is 92.6 cm³/mol. The van der Waals surface area contributed by atoms with Crippen LogP contribution in [0.1, 0.15) is 24.0 Å². The number of aryl methyl sites for hydroxylation is 1. The van der Waals surface area contributed by atoms with Crippen molar-refractivity contribution in [3.05, 3.63) is 53.9 Å². The van der Waals surface area contributed by atoms with Crippen LogP contribution >= 0.6 is 12.4 Å². The van der Waals surface area contributed by atoms with E-state index in [-0.39, 0.29) is 18.3 Å². The highest BCUT2D eigenvalue weighted by Gasteiger charge is 2.41. The molecular formula is C17H23ClN4O. The molecule has 0 radical (unpaired) electrons. The number of nitrogens with one attached hydrogen (secondary N) is 2. The summed E-state index contributed by atoms with van der Waals surface area (Å²) < 4.78 is 1.82. The van der Waals surface area contributed by atoms with E-state index in [9.17, 15) is 4.79 Å². The molecule has 2 heterocycles. The Morgan fingerprint density at radius 2 is 2.00 bits per heavy atom. The summed E-state index contributed by atoms with van der Waals surface area (Å²) in [7, 11) is 0. The molecule has 6 heteroatoms. The highest BCUT2D eigenvalue weighted by molar-refractivity contribution is 5.85. The van der Waals surface area contributed by atoms with Crippen LogP contribution in [0.5, 0.6) is 0 Å². The van der Waals surface area contributed by atoms with Crippen molar-refractivity contribution in [1.82, 2.24) is 20.4 Å². The van der Waals surface area contributed by atoms with Crippen LogP contribution in [0.3, 0.4) is 0 Å². The van der Waals surface area contributed by atoms with Crippen LogP contribution in [0.2, 0.25) is 0 Å². The van der Waals surface area contributed by atoms with E-state index < -0.39 is 5.54 Å². The maximum atomic E-state index is 12.9.